The predicted molar refractivity (Wildman–Crippen MR) is 60.8 cm³/mol. The summed E-state index contributed by atoms with van der Waals surface area (Å²) in [6.07, 6.45) is 3.03. The highest BCUT2D eigenvalue weighted by Crippen LogP contribution is 2.16. The summed E-state index contributed by atoms with van der Waals surface area (Å²) in [6.45, 7) is -0.0198. The van der Waals surface area contributed by atoms with Gasteiger partial charge in [-0.05, 0) is 0 Å². The van der Waals surface area contributed by atoms with E-state index >= 15 is 0 Å². The van der Waals surface area contributed by atoms with E-state index in [-0.39, 0.29) is 12.5 Å². The molecule has 0 atom stereocenters. The van der Waals surface area contributed by atoms with Crippen molar-refractivity contribution in [1.82, 2.24) is 19.6 Å². The molecule has 0 aliphatic carbocycles. The number of carbonyl (C=O) groups is 1. The smallest absolute Gasteiger partial charge is 0.250 e. The van der Waals surface area contributed by atoms with Crippen LogP contribution in [0.1, 0.15) is 0 Å². The Morgan fingerprint density at radius 1 is 1.59 bits per heavy atom. The first-order valence-electron chi connectivity index (χ1n) is 4.91. The molecule has 1 amide bonds. The highest BCUT2D eigenvalue weighted by molar-refractivity contribution is 5.94. The quantitative estimate of drug-likeness (QED) is 0.760. The maximum absolute atomic E-state index is 11.4. The third-order valence-corrected chi connectivity index (χ3v) is 2.11. The molecule has 2 aromatic rings. The minimum absolute atomic E-state index is 0.0198. The number of carbonyl (C=O) groups excluding carboxylic acids is 1. The summed E-state index contributed by atoms with van der Waals surface area (Å²) in [5, 5.41) is 13.2. The predicted octanol–water partition coefficient (Wildman–Crippen LogP) is -0.249. The molecule has 0 saturated heterocycles. The molecule has 8 nitrogen and oxygen atoms in total. The third kappa shape index (κ3) is 2.16. The number of hydrogen-bond acceptors (Lipinski definition) is 6. The van der Waals surface area contributed by atoms with E-state index in [0.29, 0.717) is 17.3 Å². The summed E-state index contributed by atoms with van der Waals surface area (Å²) < 4.78 is 6.37. The zero-order valence-electron chi connectivity index (χ0n) is 9.47. The van der Waals surface area contributed by atoms with Gasteiger partial charge in [0.05, 0.1) is 6.20 Å². The molecule has 2 aromatic heterocycles. The number of nitrogens with one attached hydrogen (secondary N) is 2. The van der Waals surface area contributed by atoms with Gasteiger partial charge in [0.1, 0.15) is 18.6 Å². The second-order valence-electron chi connectivity index (χ2n) is 3.25. The summed E-state index contributed by atoms with van der Waals surface area (Å²) in [5.74, 6) is 0.325. The molecule has 0 bridgehead atoms. The molecule has 0 radical (unpaired) electrons. The van der Waals surface area contributed by atoms with Gasteiger partial charge in [-0.1, -0.05) is 0 Å². The first kappa shape index (κ1) is 11.3. The molecule has 0 saturated carbocycles. The molecule has 0 fully saturated rings. The van der Waals surface area contributed by atoms with E-state index in [1.807, 2.05) is 0 Å². The molecule has 90 valence electrons. The van der Waals surface area contributed by atoms with E-state index < -0.39 is 0 Å². The van der Waals surface area contributed by atoms with Crippen LogP contribution in [0.4, 0.5) is 11.6 Å². The Hall–Kier alpha value is -2.22. The van der Waals surface area contributed by atoms with Crippen LogP contribution in [0.5, 0.6) is 0 Å². The number of ether oxygens (including phenoxy) is 1. The number of anilines is 2. The fourth-order valence-corrected chi connectivity index (χ4v) is 1.41. The lowest BCUT2D eigenvalue weighted by molar-refractivity contribution is -0.119. The van der Waals surface area contributed by atoms with Crippen molar-refractivity contribution in [3.8, 4) is 0 Å². The van der Waals surface area contributed by atoms with E-state index in [1.54, 1.807) is 11.4 Å². The van der Waals surface area contributed by atoms with Crippen LogP contribution in [0.15, 0.2) is 12.5 Å². The Bertz CT molecular complexity index is 537. The molecule has 0 aliphatic rings. The molecule has 2 N–H and O–H groups in total. The van der Waals surface area contributed by atoms with Gasteiger partial charge in [0.2, 0.25) is 11.9 Å². The standard InChI is InChI=1S/C9H12N6O2/c1-10-9-11-3-6(13-7(16)4-17-2)8-14-12-5-15(8)9/h3,5H,4H2,1-2H3,(H,10,11)(H,13,16). The Morgan fingerprint density at radius 3 is 3.12 bits per heavy atom. The van der Waals surface area contributed by atoms with Crippen LogP contribution in [0.25, 0.3) is 5.65 Å². The SMILES string of the molecule is CNc1ncc(NC(=O)COC)c2nncn12. The highest BCUT2D eigenvalue weighted by Gasteiger charge is 2.10. The molecule has 0 unspecified atom stereocenters. The van der Waals surface area contributed by atoms with E-state index in [4.69, 9.17) is 4.74 Å². The zero-order chi connectivity index (χ0) is 12.3. The van der Waals surface area contributed by atoms with Crippen LogP contribution in [0.2, 0.25) is 0 Å². The normalized spacial score (nSPS) is 10.5. The Kier molecular flexibility index (Phi) is 3.15. The molecule has 17 heavy (non-hydrogen) atoms. The van der Waals surface area contributed by atoms with Crippen molar-refractivity contribution in [2.24, 2.45) is 0 Å². The Morgan fingerprint density at radius 2 is 2.41 bits per heavy atom. The average Bonchev–Trinajstić information content (AvgIpc) is 2.79. The van der Waals surface area contributed by atoms with Crippen LogP contribution in [0.3, 0.4) is 0 Å². The second kappa shape index (κ2) is 4.74. The van der Waals surface area contributed by atoms with Gasteiger partial charge in [0.25, 0.3) is 0 Å². The van der Waals surface area contributed by atoms with Gasteiger partial charge >= 0.3 is 0 Å². The van der Waals surface area contributed by atoms with Crippen LogP contribution in [-0.2, 0) is 9.53 Å². The van der Waals surface area contributed by atoms with Gasteiger partial charge in [0.15, 0.2) is 5.65 Å². The van der Waals surface area contributed by atoms with Crippen molar-refractivity contribution >= 4 is 23.2 Å². The van der Waals surface area contributed by atoms with Gasteiger partial charge < -0.3 is 15.4 Å². The largest absolute Gasteiger partial charge is 0.375 e. The number of fused-ring (bicyclic) bond motifs is 1. The molecule has 0 aliphatic heterocycles. The highest BCUT2D eigenvalue weighted by atomic mass is 16.5. The van der Waals surface area contributed by atoms with Crippen LogP contribution in [0, 0.1) is 0 Å². The summed E-state index contributed by atoms with van der Waals surface area (Å²) in [7, 11) is 3.19. The van der Waals surface area contributed by atoms with E-state index in [1.165, 1.54) is 19.6 Å². The van der Waals surface area contributed by atoms with Gasteiger partial charge in [-0.25, -0.2) is 9.38 Å². The Labute approximate surface area is 97.0 Å². The first-order chi connectivity index (χ1) is 8.26. The minimum Gasteiger partial charge on any atom is -0.375 e. The minimum atomic E-state index is -0.267. The summed E-state index contributed by atoms with van der Waals surface area (Å²) in [4.78, 5) is 15.5. The molecule has 0 aromatic carbocycles. The fourth-order valence-electron chi connectivity index (χ4n) is 1.41. The number of nitrogens with zero attached hydrogens (tertiary/aromatic N) is 4. The van der Waals surface area contributed by atoms with Crippen molar-refractivity contribution in [1.29, 1.82) is 0 Å². The van der Waals surface area contributed by atoms with E-state index in [2.05, 4.69) is 25.8 Å². The number of methoxy groups -OCH3 is 1. The number of hydrogen-bond donors (Lipinski definition) is 2. The van der Waals surface area contributed by atoms with Crippen molar-refractivity contribution < 1.29 is 9.53 Å². The molecule has 2 heterocycles. The van der Waals surface area contributed by atoms with Gasteiger partial charge in [0, 0.05) is 14.2 Å². The Balaban J connectivity index is 2.35. The molecular weight excluding hydrogens is 224 g/mol. The number of amides is 1. The van der Waals surface area contributed by atoms with Crippen LogP contribution >= 0.6 is 0 Å². The van der Waals surface area contributed by atoms with Crippen molar-refractivity contribution in [3.63, 3.8) is 0 Å². The molecule has 2 rings (SSSR count). The fraction of sp³-hybridized carbons (Fsp3) is 0.333. The summed E-state index contributed by atoms with van der Waals surface area (Å²) in [6, 6.07) is 0. The summed E-state index contributed by atoms with van der Waals surface area (Å²) in [5.41, 5.74) is 1.01. The van der Waals surface area contributed by atoms with Crippen molar-refractivity contribution in [2.75, 3.05) is 31.4 Å². The summed E-state index contributed by atoms with van der Waals surface area (Å²) >= 11 is 0. The van der Waals surface area contributed by atoms with Gasteiger partial charge in [-0.15, -0.1) is 10.2 Å². The third-order valence-electron chi connectivity index (χ3n) is 2.11. The van der Waals surface area contributed by atoms with Crippen LogP contribution in [-0.4, -0.2) is 46.3 Å². The lowest BCUT2D eigenvalue weighted by Crippen LogP contribution is -2.18. The monoisotopic (exact) mass is 236 g/mol. The maximum Gasteiger partial charge on any atom is 0.250 e. The molecule has 8 heteroatoms. The topological polar surface area (TPSA) is 93.4 Å². The average molecular weight is 236 g/mol. The first-order valence-corrected chi connectivity index (χ1v) is 4.91. The zero-order valence-corrected chi connectivity index (χ0v) is 9.47. The van der Waals surface area contributed by atoms with Crippen LogP contribution < -0.4 is 10.6 Å². The van der Waals surface area contributed by atoms with E-state index in [0.717, 1.165) is 0 Å². The molecular formula is C9H12N6O2. The van der Waals surface area contributed by atoms with Gasteiger partial charge in [-0.3, -0.25) is 4.79 Å². The maximum atomic E-state index is 11.4. The molecule has 0 spiro atoms. The second-order valence-corrected chi connectivity index (χ2v) is 3.25. The number of aromatic nitrogens is 4. The lowest BCUT2D eigenvalue weighted by Gasteiger charge is -2.07. The number of rotatable bonds is 4. The van der Waals surface area contributed by atoms with E-state index in [9.17, 15) is 4.79 Å². The van der Waals surface area contributed by atoms with Gasteiger partial charge in [-0.2, -0.15) is 0 Å². The van der Waals surface area contributed by atoms with Crippen molar-refractivity contribution in [2.45, 2.75) is 0 Å². The lowest BCUT2D eigenvalue weighted by atomic mass is 10.4. The van der Waals surface area contributed by atoms with Crippen molar-refractivity contribution in [3.05, 3.63) is 12.5 Å².